The number of benzene rings is 1. The molecule has 2 aromatic rings. The molecule has 0 spiro atoms. The smallest absolute Gasteiger partial charge is 0.295 e. The highest BCUT2D eigenvalue weighted by molar-refractivity contribution is 7.80. The summed E-state index contributed by atoms with van der Waals surface area (Å²) in [5, 5.41) is 6.64. The van der Waals surface area contributed by atoms with E-state index in [1.807, 2.05) is 49.0 Å². The highest BCUT2D eigenvalue weighted by Gasteiger charge is 2.16. The molecule has 1 heterocycles. The summed E-state index contributed by atoms with van der Waals surface area (Å²) < 4.78 is 3.46. The number of nitrogens with zero attached hydrogens (tertiary/aromatic N) is 2. The number of rotatable bonds is 5. The van der Waals surface area contributed by atoms with Crippen molar-refractivity contribution in [3.05, 3.63) is 46.4 Å². The van der Waals surface area contributed by atoms with E-state index in [9.17, 15) is 4.79 Å². The molecular formula is C16H24N5OS+. The predicted molar refractivity (Wildman–Crippen MR) is 97.6 cm³/mol. The third kappa shape index (κ3) is 4.00. The molecule has 0 aliphatic carbocycles. The first kappa shape index (κ1) is 17.2. The van der Waals surface area contributed by atoms with Crippen molar-refractivity contribution < 1.29 is 4.90 Å². The van der Waals surface area contributed by atoms with E-state index >= 15 is 0 Å². The second-order valence-electron chi connectivity index (χ2n) is 5.77. The Bertz CT molecular complexity index is 733. The number of anilines is 1. The molecule has 23 heavy (non-hydrogen) atoms. The normalized spacial score (nSPS) is 10.8. The molecule has 0 saturated carbocycles. The molecule has 0 atom stereocenters. The first-order valence-corrected chi connectivity index (χ1v) is 8.00. The highest BCUT2D eigenvalue weighted by Crippen LogP contribution is 2.13. The van der Waals surface area contributed by atoms with E-state index in [0.29, 0.717) is 10.8 Å². The van der Waals surface area contributed by atoms with E-state index in [1.54, 1.807) is 4.68 Å². The minimum absolute atomic E-state index is 0.112. The number of hydrogen-bond donors (Lipinski definition) is 3. The number of likely N-dealkylation sites (N-methyl/N-ethyl adjacent to an activating group) is 1. The molecule has 1 aromatic carbocycles. The fourth-order valence-electron chi connectivity index (χ4n) is 2.30. The molecule has 1 aromatic heterocycles. The molecule has 2 rings (SSSR count). The van der Waals surface area contributed by atoms with Gasteiger partial charge in [-0.05, 0) is 31.3 Å². The average molecular weight is 334 g/mol. The number of aromatic nitrogens is 2. The van der Waals surface area contributed by atoms with E-state index in [1.165, 1.54) is 4.90 Å². The molecule has 0 fully saturated rings. The molecule has 0 radical (unpaired) electrons. The van der Waals surface area contributed by atoms with Gasteiger partial charge in [0.1, 0.15) is 5.69 Å². The van der Waals surface area contributed by atoms with Gasteiger partial charge in [-0.1, -0.05) is 18.2 Å². The largest absolute Gasteiger partial charge is 0.357 e. The maximum absolute atomic E-state index is 12.7. The predicted octanol–water partition coefficient (Wildman–Crippen LogP) is -0.0847. The Kier molecular flexibility index (Phi) is 5.57. The third-order valence-corrected chi connectivity index (χ3v) is 3.95. The van der Waals surface area contributed by atoms with Gasteiger partial charge < -0.3 is 15.5 Å². The minimum atomic E-state index is -0.112. The van der Waals surface area contributed by atoms with Crippen LogP contribution in [0, 0.1) is 6.92 Å². The number of nitrogens with one attached hydrogen (secondary N) is 3. The molecule has 0 amide bonds. The quantitative estimate of drug-likeness (QED) is 0.670. The lowest BCUT2D eigenvalue weighted by Crippen LogP contribution is -3.06. The van der Waals surface area contributed by atoms with E-state index in [2.05, 4.69) is 24.7 Å². The van der Waals surface area contributed by atoms with Crippen molar-refractivity contribution in [2.75, 3.05) is 32.5 Å². The molecule has 0 aliphatic heterocycles. The summed E-state index contributed by atoms with van der Waals surface area (Å²) in [7, 11) is 6.02. The zero-order valence-electron chi connectivity index (χ0n) is 14.0. The fourth-order valence-corrected chi connectivity index (χ4v) is 2.50. The maximum atomic E-state index is 12.7. The van der Waals surface area contributed by atoms with Crippen LogP contribution in [0.5, 0.6) is 0 Å². The Morgan fingerprint density at radius 1 is 1.26 bits per heavy atom. The Morgan fingerprint density at radius 2 is 1.91 bits per heavy atom. The van der Waals surface area contributed by atoms with Crippen LogP contribution >= 0.6 is 12.2 Å². The second kappa shape index (κ2) is 7.43. The van der Waals surface area contributed by atoms with Crippen molar-refractivity contribution in [2.24, 2.45) is 7.05 Å². The Hall–Kier alpha value is -2.12. The van der Waals surface area contributed by atoms with Crippen molar-refractivity contribution in [1.29, 1.82) is 0 Å². The fraction of sp³-hybridized carbons (Fsp3) is 0.375. The maximum Gasteiger partial charge on any atom is 0.295 e. The Balaban J connectivity index is 2.21. The number of thiocarbonyl (C=S) groups is 1. The second-order valence-corrected chi connectivity index (χ2v) is 6.18. The van der Waals surface area contributed by atoms with E-state index in [-0.39, 0.29) is 5.56 Å². The van der Waals surface area contributed by atoms with Gasteiger partial charge in [-0.25, -0.2) is 4.68 Å². The van der Waals surface area contributed by atoms with Gasteiger partial charge in [-0.2, -0.15) is 0 Å². The molecule has 0 saturated heterocycles. The molecular weight excluding hydrogens is 310 g/mol. The average Bonchev–Trinajstić information content (AvgIpc) is 2.71. The summed E-state index contributed by atoms with van der Waals surface area (Å²) >= 11 is 5.29. The van der Waals surface area contributed by atoms with E-state index in [0.717, 1.165) is 24.5 Å². The zero-order chi connectivity index (χ0) is 17.0. The zero-order valence-corrected chi connectivity index (χ0v) is 14.8. The molecule has 7 heteroatoms. The summed E-state index contributed by atoms with van der Waals surface area (Å²) in [5.41, 5.74) is 2.05. The molecule has 3 N–H and O–H groups in total. The molecule has 124 valence electrons. The lowest BCUT2D eigenvalue weighted by atomic mass is 10.3. The van der Waals surface area contributed by atoms with Crippen LogP contribution in [0.3, 0.4) is 0 Å². The van der Waals surface area contributed by atoms with Crippen LogP contribution < -0.4 is 21.1 Å². The van der Waals surface area contributed by atoms with Crippen molar-refractivity contribution in [3.8, 4) is 5.69 Å². The van der Waals surface area contributed by atoms with Gasteiger partial charge >= 0.3 is 0 Å². The van der Waals surface area contributed by atoms with Crippen molar-refractivity contribution in [3.63, 3.8) is 0 Å². The van der Waals surface area contributed by atoms with Gasteiger partial charge in [-0.15, -0.1) is 0 Å². The van der Waals surface area contributed by atoms with Crippen LogP contribution in [-0.4, -0.2) is 41.7 Å². The van der Waals surface area contributed by atoms with Gasteiger partial charge in [0.05, 0.1) is 38.6 Å². The van der Waals surface area contributed by atoms with Gasteiger partial charge in [0, 0.05) is 7.05 Å². The van der Waals surface area contributed by atoms with Crippen LogP contribution in [0.1, 0.15) is 5.69 Å². The molecule has 0 aliphatic rings. The van der Waals surface area contributed by atoms with Crippen LogP contribution in [0.25, 0.3) is 5.69 Å². The first-order valence-electron chi connectivity index (χ1n) is 7.59. The summed E-state index contributed by atoms with van der Waals surface area (Å²) in [6.45, 7) is 3.60. The van der Waals surface area contributed by atoms with Crippen molar-refractivity contribution in [1.82, 2.24) is 14.7 Å². The lowest BCUT2D eigenvalue weighted by Gasteiger charge is -2.11. The summed E-state index contributed by atoms with van der Waals surface area (Å²) in [4.78, 5) is 14.1. The molecule has 6 nitrogen and oxygen atoms in total. The van der Waals surface area contributed by atoms with Crippen LogP contribution in [0.4, 0.5) is 5.69 Å². The lowest BCUT2D eigenvalue weighted by molar-refractivity contribution is -0.856. The van der Waals surface area contributed by atoms with Gasteiger partial charge in [0.15, 0.2) is 5.11 Å². The monoisotopic (exact) mass is 334 g/mol. The number of hydrogen-bond acceptors (Lipinski definition) is 2. The Labute approximate surface area is 141 Å². The van der Waals surface area contributed by atoms with E-state index in [4.69, 9.17) is 12.2 Å². The van der Waals surface area contributed by atoms with Crippen LogP contribution in [0.15, 0.2) is 35.1 Å². The van der Waals surface area contributed by atoms with Crippen LogP contribution in [-0.2, 0) is 7.05 Å². The summed E-state index contributed by atoms with van der Waals surface area (Å²) in [6, 6.07) is 9.55. The standard InChI is InChI=1S/C16H23N5OS/c1-12-14(18-16(23)17-10-11-19(2)3)15(22)21(20(12)4)13-8-6-5-7-9-13/h5-9H,10-11H2,1-4H3,(H2,17,18,23)/p+1. The molecule has 0 unspecified atom stereocenters. The highest BCUT2D eigenvalue weighted by atomic mass is 32.1. The van der Waals surface area contributed by atoms with Crippen molar-refractivity contribution in [2.45, 2.75) is 6.92 Å². The minimum Gasteiger partial charge on any atom is -0.357 e. The first-order chi connectivity index (χ1) is 10.9. The Morgan fingerprint density at radius 3 is 2.52 bits per heavy atom. The van der Waals surface area contributed by atoms with Crippen LogP contribution in [0.2, 0.25) is 0 Å². The number of para-hydroxylation sites is 1. The van der Waals surface area contributed by atoms with Gasteiger partial charge in [0.25, 0.3) is 5.56 Å². The molecule has 0 bridgehead atoms. The summed E-state index contributed by atoms with van der Waals surface area (Å²) in [6.07, 6.45) is 0. The SMILES string of the molecule is Cc1c(NC(=S)NCC[NH+](C)C)c(=O)n(-c2ccccc2)n1C. The topological polar surface area (TPSA) is 55.4 Å². The van der Waals surface area contributed by atoms with Crippen molar-refractivity contribution >= 4 is 23.0 Å². The van der Waals surface area contributed by atoms with Gasteiger partial charge in [0.2, 0.25) is 0 Å². The van der Waals surface area contributed by atoms with Gasteiger partial charge in [-0.3, -0.25) is 9.48 Å². The van der Waals surface area contributed by atoms with E-state index < -0.39 is 0 Å². The summed E-state index contributed by atoms with van der Waals surface area (Å²) in [5.74, 6) is 0. The number of quaternary nitrogens is 1. The third-order valence-electron chi connectivity index (χ3n) is 3.70.